The Kier molecular flexibility index (Phi) is 6.90. The van der Waals surface area contributed by atoms with Crippen LogP contribution in [-0.4, -0.2) is 50.5 Å². The third-order valence-corrected chi connectivity index (χ3v) is 5.72. The van der Waals surface area contributed by atoms with Crippen LogP contribution in [0.2, 0.25) is 0 Å². The summed E-state index contributed by atoms with van der Waals surface area (Å²) in [5.74, 6) is 0.911. The summed E-state index contributed by atoms with van der Waals surface area (Å²) in [6.07, 6.45) is 9.09. The Bertz CT molecular complexity index is 548. The van der Waals surface area contributed by atoms with Crippen LogP contribution in [0.5, 0.6) is 0 Å². The number of hydrogen-bond acceptors (Lipinski definition) is 6. The first-order valence-electron chi connectivity index (χ1n) is 9.36. The minimum Gasteiger partial charge on any atom is -0.459 e. The van der Waals surface area contributed by atoms with Crippen molar-refractivity contribution in [3.8, 4) is 0 Å². The molecule has 2 rings (SSSR count). The summed E-state index contributed by atoms with van der Waals surface area (Å²) in [5, 5.41) is 0. The van der Waals surface area contributed by atoms with Crippen molar-refractivity contribution >= 4 is 16.1 Å². The molecule has 0 aromatic heterocycles. The molecule has 0 spiro atoms. The van der Waals surface area contributed by atoms with E-state index in [2.05, 4.69) is 0 Å². The standard InChI is InChI=1S/C18H33NO5S/c1-18(2,3)24-17(20)16-12-15(14-8-6-5-7-9-14)10-11-19(16)13-23-25(4,21)22/h14-16H,5-13H2,1-4H3. The lowest BCUT2D eigenvalue weighted by Crippen LogP contribution is -2.51. The minimum absolute atomic E-state index is 0.0832. The number of carbonyl (C=O) groups is 1. The van der Waals surface area contributed by atoms with E-state index in [0.717, 1.165) is 19.1 Å². The lowest BCUT2D eigenvalue weighted by Gasteiger charge is -2.42. The van der Waals surface area contributed by atoms with Gasteiger partial charge in [-0.05, 0) is 45.4 Å². The molecular weight excluding hydrogens is 342 g/mol. The molecule has 25 heavy (non-hydrogen) atoms. The van der Waals surface area contributed by atoms with Gasteiger partial charge in [0.05, 0.1) is 6.26 Å². The Morgan fingerprint density at radius 3 is 2.28 bits per heavy atom. The van der Waals surface area contributed by atoms with Gasteiger partial charge in [0.2, 0.25) is 0 Å². The normalized spacial score (nSPS) is 27.2. The van der Waals surface area contributed by atoms with Gasteiger partial charge in [-0.3, -0.25) is 13.9 Å². The van der Waals surface area contributed by atoms with Crippen LogP contribution in [0.4, 0.5) is 0 Å². The van der Waals surface area contributed by atoms with Gasteiger partial charge in [-0.2, -0.15) is 8.42 Å². The molecule has 6 nitrogen and oxygen atoms in total. The number of rotatable bonds is 5. The molecule has 146 valence electrons. The van der Waals surface area contributed by atoms with Crippen LogP contribution in [0.1, 0.15) is 65.7 Å². The Morgan fingerprint density at radius 2 is 1.72 bits per heavy atom. The Labute approximate surface area is 152 Å². The second kappa shape index (κ2) is 8.35. The van der Waals surface area contributed by atoms with E-state index in [1.54, 1.807) is 0 Å². The van der Waals surface area contributed by atoms with E-state index in [9.17, 15) is 13.2 Å². The number of carbonyl (C=O) groups excluding carboxylic acids is 1. The molecule has 2 atom stereocenters. The fourth-order valence-electron chi connectivity index (χ4n) is 4.01. The van der Waals surface area contributed by atoms with E-state index >= 15 is 0 Å². The number of hydrogen-bond donors (Lipinski definition) is 0. The molecular formula is C18H33NO5S. The Hall–Kier alpha value is -0.660. The van der Waals surface area contributed by atoms with E-state index in [0.29, 0.717) is 18.4 Å². The molecule has 0 aromatic carbocycles. The second-order valence-electron chi connectivity index (χ2n) is 8.50. The monoisotopic (exact) mass is 375 g/mol. The predicted molar refractivity (Wildman–Crippen MR) is 96.4 cm³/mol. The molecule has 7 heteroatoms. The molecule has 1 saturated heterocycles. The fraction of sp³-hybridized carbons (Fsp3) is 0.944. The summed E-state index contributed by atoms with van der Waals surface area (Å²) in [6.45, 7) is 6.14. The maximum absolute atomic E-state index is 12.7. The smallest absolute Gasteiger partial charge is 0.323 e. The van der Waals surface area contributed by atoms with E-state index in [1.165, 1.54) is 32.1 Å². The summed E-state index contributed by atoms with van der Waals surface area (Å²) in [5.41, 5.74) is -0.557. The minimum atomic E-state index is -3.54. The third-order valence-electron chi connectivity index (χ3n) is 5.18. The van der Waals surface area contributed by atoms with E-state index < -0.39 is 21.8 Å². The molecule has 1 saturated carbocycles. The van der Waals surface area contributed by atoms with Gasteiger partial charge in [0, 0.05) is 6.54 Å². The molecule has 0 radical (unpaired) electrons. The van der Waals surface area contributed by atoms with Gasteiger partial charge in [-0.25, -0.2) is 0 Å². The van der Waals surface area contributed by atoms with Crippen molar-refractivity contribution in [3.05, 3.63) is 0 Å². The number of esters is 1. The summed E-state index contributed by atoms with van der Waals surface area (Å²) >= 11 is 0. The quantitative estimate of drug-likeness (QED) is 0.543. The molecule has 1 aliphatic heterocycles. The zero-order valence-electron chi connectivity index (χ0n) is 16.0. The van der Waals surface area contributed by atoms with E-state index in [4.69, 9.17) is 8.92 Å². The Morgan fingerprint density at radius 1 is 1.08 bits per heavy atom. The maximum Gasteiger partial charge on any atom is 0.323 e. The predicted octanol–water partition coefficient (Wildman–Crippen LogP) is 2.92. The fourth-order valence-corrected chi connectivity index (χ4v) is 4.33. The first-order valence-corrected chi connectivity index (χ1v) is 11.2. The second-order valence-corrected chi connectivity index (χ2v) is 10.1. The van der Waals surface area contributed by atoms with E-state index in [1.807, 2.05) is 25.7 Å². The van der Waals surface area contributed by atoms with Crippen LogP contribution < -0.4 is 0 Å². The highest BCUT2D eigenvalue weighted by atomic mass is 32.2. The van der Waals surface area contributed by atoms with Crippen LogP contribution in [0.3, 0.4) is 0 Å². The summed E-state index contributed by atoms with van der Waals surface area (Å²) < 4.78 is 33.2. The topological polar surface area (TPSA) is 72.9 Å². The zero-order chi connectivity index (χ0) is 18.7. The molecule has 1 aliphatic carbocycles. The average Bonchev–Trinajstić information content (AvgIpc) is 2.51. The maximum atomic E-state index is 12.7. The molecule has 0 N–H and O–H groups in total. The summed E-state index contributed by atoms with van der Waals surface area (Å²) in [4.78, 5) is 14.5. The van der Waals surface area contributed by atoms with Crippen molar-refractivity contribution in [2.75, 3.05) is 19.5 Å². The number of nitrogens with zero attached hydrogens (tertiary/aromatic N) is 1. The highest BCUT2D eigenvalue weighted by Crippen LogP contribution is 2.38. The molecule has 0 aromatic rings. The zero-order valence-corrected chi connectivity index (χ0v) is 16.8. The van der Waals surface area contributed by atoms with Gasteiger partial charge < -0.3 is 4.74 Å². The molecule has 2 unspecified atom stereocenters. The third kappa shape index (κ3) is 6.87. The number of piperidine rings is 1. The van der Waals surface area contributed by atoms with Gasteiger partial charge in [0.15, 0.2) is 0 Å². The van der Waals surface area contributed by atoms with Gasteiger partial charge in [-0.15, -0.1) is 0 Å². The molecule has 0 bridgehead atoms. The van der Waals surface area contributed by atoms with Crippen LogP contribution >= 0.6 is 0 Å². The van der Waals surface area contributed by atoms with Crippen LogP contribution in [0, 0.1) is 11.8 Å². The number of likely N-dealkylation sites (tertiary alicyclic amines) is 1. The highest BCUT2D eigenvalue weighted by Gasteiger charge is 2.39. The first kappa shape index (κ1) is 20.6. The van der Waals surface area contributed by atoms with Crippen molar-refractivity contribution in [2.45, 2.75) is 77.4 Å². The number of ether oxygens (including phenoxy) is 1. The molecule has 2 aliphatic rings. The van der Waals surface area contributed by atoms with Crippen molar-refractivity contribution in [2.24, 2.45) is 11.8 Å². The first-order chi connectivity index (χ1) is 11.6. The SMILES string of the molecule is CC(C)(C)OC(=O)C1CC(C2CCCCC2)CCN1COS(C)(=O)=O. The Balaban J connectivity index is 2.06. The van der Waals surface area contributed by atoms with Crippen molar-refractivity contribution < 1.29 is 22.1 Å². The summed E-state index contributed by atoms with van der Waals surface area (Å²) in [7, 11) is -3.54. The van der Waals surface area contributed by atoms with Gasteiger partial charge >= 0.3 is 5.97 Å². The van der Waals surface area contributed by atoms with Crippen molar-refractivity contribution in [3.63, 3.8) is 0 Å². The van der Waals surface area contributed by atoms with E-state index in [-0.39, 0.29) is 12.7 Å². The molecule has 0 amide bonds. The van der Waals surface area contributed by atoms with Crippen molar-refractivity contribution in [1.82, 2.24) is 4.90 Å². The lowest BCUT2D eigenvalue weighted by molar-refractivity contribution is -0.165. The van der Waals surface area contributed by atoms with Crippen LogP contribution in [0.25, 0.3) is 0 Å². The van der Waals surface area contributed by atoms with Crippen LogP contribution in [0.15, 0.2) is 0 Å². The molecule has 1 heterocycles. The average molecular weight is 376 g/mol. The van der Waals surface area contributed by atoms with Crippen molar-refractivity contribution in [1.29, 1.82) is 0 Å². The van der Waals surface area contributed by atoms with Gasteiger partial charge in [0.25, 0.3) is 10.1 Å². The lowest BCUT2D eigenvalue weighted by atomic mass is 9.74. The van der Waals surface area contributed by atoms with Gasteiger partial charge in [-0.1, -0.05) is 32.1 Å². The summed E-state index contributed by atoms with van der Waals surface area (Å²) in [6, 6.07) is -0.429. The van der Waals surface area contributed by atoms with Crippen LogP contribution in [-0.2, 0) is 23.8 Å². The highest BCUT2D eigenvalue weighted by molar-refractivity contribution is 7.85. The molecule has 2 fully saturated rings. The largest absolute Gasteiger partial charge is 0.459 e. The van der Waals surface area contributed by atoms with Gasteiger partial charge in [0.1, 0.15) is 18.4 Å².